The van der Waals surface area contributed by atoms with Gasteiger partial charge in [0.15, 0.2) is 0 Å². The van der Waals surface area contributed by atoms with Crippen molar-refractivity contribution in [3.63, 3.8) is 0 Å². The summed E-state index contributed by atoms with van der Waals surface area (Å²) in [7, 11) is 0. The predicted molar refractivity (Wildman–Crippen MR) is 86.7 cm³/mol. The van der Waals surface area contributed by atoms with Crippen LogP contribution in [0.5, 0.6) is 0 Å². The molecule has 122 valence electrons. The summed E-state index contributed by atoms with van der Waals surface area (Å²) in [5.74, 6) is -0.602. The quantitative estimate of drug-likeness (QED) is 0.772. The van der Waals surface area contributed by atoms with E-state index in [2.05, 4.69) is 10.6 Å². The molecule has 0 heterocycles. The second-order valence-electron chi connectivity index (χ2n) is 6.67. The van der Waals surface area contributed by atoms with Crippen molar-refractivity contribution in [2.24, 2.45) is 5.41 Å². The molecule has 1 aromatic rings. The van der Waals surface area contributed by atoms with Crippen molar-refractivity contribution in [3.05, 3.63) is 34.9 Å². The van der Waals surface area contributed by atoms with Crippen molar-refractivity contribution in [3.8, 4) is 0 Å². The lowest BCUT2D eigenvalue weighted by Gasteiger charge is -2.25. The molecule has 0 spiro atoms. The second-order valence-corrected chi connectivity index (χ2v) is 6.67. The van der Waals surface area contributed by atoms with E-state index in [9.17, 15) is 14.7 Å². The maximum atomic E-state index is 12.0. The Morgan fingerprint density at radius 3 is 2.32 bits per heavy atom. The molecule has 1 rings (SSSR count). The Morgan fingerprint density at radius 2 is 1.77 bits per heavy atom. The number of rotatable bonds is 5. The Hall–Kier alpha value is -1.88. The number of carbonyl (C=O) groups is 2. The summed E-state index contributed by atoms with van der Waals surface area (Å²) in [6, 6.07) is 5.41. The molecule has 5 heteroatoms. The molecule has 0 aliphatic carbocycles. The van der Waals surface area contributed by atoms with Gasteiger partial charge in [-0.25, -0.2) is 0 Å². The molecule has 0 saturated heterocycles. The number of carbonyl (C=O) groups excluding carboxylic acids is 2. The molecule has 3 N–H and O–H groups in total. The zero-order valence-corrected chi connectivity index (χ0v) is 14.0. The highest BCUT2D eigenvalue weighted by Gasteiger charge is 2.22. The van der Waals surface area contributed by atoms with Gasteiger partial charge in [-0.15, -0.1) is 0 Å². The molecule has 2 amide bonds. The van der Waals surface area contributed by atoms with Crippen LogP contribution < -0.4 is 10.6 Å². The Labute approximate surface area is 132 Å². The van der Waals surface area contributed by atoms with Gasteiger partial charge in [0.1, 0.15) is 0 Å². The van der Waals surface area contributed by atoms with Crippen molar-refractivity contribution in [2.45, 2.75) is 40.7 Å². The van der Waals surface area contributed by atoms with Gasteiger partial charge >= 0.3 is 0 Å². The van der Waals surface area contributed by atoms with E-state index in [-0.39, 0.29) is 30.3 Å². The van der Waals surface area contributed by atoms with Crippen molar-refractivity contribution >= 4 is 11.8 Å². The average molecular weight is 306 g/mol. The van der Waals surface area contributed by atoms with E-state index in [0.29, 0.717) is 5.56 Å². The number of hydrogen-bond donors (Lipinski definition) is 3. The van der Waals surface area contributed by atoms with Crippen molar-refractivity contribution in [1.29, 1.82) is 0 Å². The van der Waals surface area contributed by atoms with Crippen LogP contribution in [0.4, 0.5) is 0 Å². The Kier molecular flexibility index (Phi) is 6.11. The smallest absolute Gasteiger partial charge is 0.251 e. The highest BCUT2D eigenvalue weighted by molar-refractivity contribution is 5.96. The predicted octanol–water partition coefficient (Wildman–Crippen LogP) is 1.56. The number of hydrogen-bond acceptors (Lipinski definition) is 3. The van der Waals surface area contributed by atoms with E-state index >= 15 is 0 Å². The van der Waals surface area contributed by atoms with Gasteiger partial charge in [0.2, 0.25) is 5.91 Å². The largest absolute Gasteiger partial charge is 0.391 e. The van der Waals surface area contributed by atoms with Crippen LogP contribution in [-0.2, 0) is 4.79 Å². The van der Waals surface area contributed by atoms with Crippen LogP contribution in [0.3, 0.4) is 0 Å². The maximum Gasteiger partial charge on any atom is 0.251 e. The number of amides is 2. The van der Waals surface area contributed by atoms with E-state index in [1.165, 1.54) is 0 Å². The van der Waals surface area contributed by atoms with E-state index in [1.807, 2.05) is 40.7 Å². The lowest BCUT2D eigenvalue weighted by atomic mass is 9.89. The van der Waals surface area contributed by atoms with Gasteiger partial charge < -0.3 is 15.7 Å². The average Bonchev–Trinajstić information content (AvgIpc) is 2.43. The number of nitrogens with one attached hydrogen (secondary N) is 2. The van der Waals surface area contributed by atoms with E-state index < -0.39 is 6.10 Å². The van der Waals surface area contributed by atoms with Crippen LogP contribution in [-0.4, -0.2) is 36.1 Å². The van der Waals surface area contributed by atoms with Crippen molar-refractivity contribution in [2.75, 3.05) is 13.1 Å². The molecule has 5 nitrogen and oxygen atoms in total. The lowest BCUT2D eigenvalue weighted by Crippen LogP contribution is -2.43. The van der Waals surface area contributed by atoms with Crippen LogP contribution in [0.1, 0.15) is 42.3 Å². The molecule has 1 unspecified atom stereocenters. The molecular weight excluding hydrogens is 280 g/mol. The number of aliphatic hydroxyl groups excluding tert-OH is 1. The van der Waals surface area contributed by atoms with Gasteiger partial charge in [-0.2, -0.15) is 0 Å². The molecular formula is C17H26N2O3. The van der Waals surface area contributed by atoms with Crippen LogP contribution in [0.25, 0.3) is 0 Å². The van der Waals surface area contributed by atoms with Gasteiger partial charge in [0.05, 0.1) is 12.6 Å². The third-order valence-electron chi connectivity index (χ3n) is 3.67. The minimum absolute atomic E-state index is 0.109. The summed E-state index contributed by atoms with van der Waals surface area (Å²) in [6.07, 6.45) is -0.633. The molecule has 0 aliphatic heterocycles. The van der Waals surface area contributed by atoms with Gasteiger partial charge in [-0.05, 0) is 42.5 Å². The van der Waals surface area contributed by atoms with Gasteiger partial charge in [-0.3, -0.25) is 9.59 Å². The normalized spacial score (nSPS) is 12.6. The summed E-state index contributed by atoms with van der Waals surface area (Å²) in [6.45, 7) is 9.66. The summed E-state index contributed by atoms with van der Waals surface area (Å²) in [4.78, 5) is 23.7. The fourth-order valence-corrected chi connectivity index (χ4v) is 1.72. The highest BCUT2D eigenvalue weighted by atomic mass is 16.3. The molecule has 0 aromatic heterocycles. The molecule has 1 aromatic carbocycles. The topological polar surface area (TPSA) is 78.4 Å². The standard InChI is InChI=1S/C17H26N2O3/c1-11-6-7-13(8-12(11)2)16(22)19-10-15(21)18-9-14(20)17(3,4)5/h6-8,14,20H,9-10H2,1-5H3,(H,18,21)(H,19,22). The van der Waals surface area contributed by atoms with E-state index in [4.69, 9.17) is 0 Å². The van der Waals surface area contributed by atoms with Crippen LogP contribution in [0.2, 0.25) is 0 Å². The third-order valence-corrected chi connectivity index (χ3v) is 3.67. The SMILES string of the molecule is Cc1ccc(C(=O)NCC(=O)NCC(O)C(C)(C)C)cc1C. The van der Waals surface area contributed by atoms with Crippen molar-refractivity contribution < 1.29 is 14.7 Å². The van der Waals surface area contributed by atoms with Crippen LogP contribution in [0, 0.1) is 19.3 Å². The van der Waals surface area contributed by atoms with E-state index in [1.54, 1.807) is 12.1 Å². The van der Waals surface area contributed by atoms with E-state index in [0.717, 1.165) is 11.1 Å². The van der Waals surface area contributed by atoms with Gasteiger partial charge in [-0.1, -0.05) is 26.8 Å². The summed E-state index contributed by atoms with van der Waals surface area (Å²) in [5.41, 5.74) is 2.39. The maximum absolute atomic E-state index is 12.0. The Morgan fingerprint density at radius 1 is 1.14 bits per heavy atom. The molecule has 0 radical (unpaired) electrons. The summed E-state index contributed by atoms with van der Waals surface area (Å²) >= 11 is 0. The second kappa shape index (κ2) is 7.40. The van der Waals surface area contributed by atoms with Gasteiger partial charge in [0, 0.05) is 12.1 Å². The first-order chi connectivity index (χ1) is 10.1. The monoisotopic (exact) mass is 306 g/mol. The fraction of sp³-hybridized carbons (Fsp3) is 0.529. The molecule has 0 fully saturated rings. The summed E-state index contributed by atoms with van der Waals surface area (Å²) < 4.78 is 0. The lowest BCUT2D eigenvalue weighted by molar-refractivity contribution is -0.120. The minimum Gasteiger partial charge on any atom is -0.391 e. The molecule has 1 atom stereocenters. The van der Waals surface area contributed by atoms with Crippen LogP contribution in [0.15, 0.2) is 18.2 Å². The fourth-order valence-electron chi connectivity index (χ4n) is 1.72. The minimum atomic E-state index is -0.633. The molecule has 0 saturated carbocycles. The molecule has 0 aliphatic rings. The summed E-state index contributed by atoms with van der Waals surface area (Å²) in [5, 5.41) is 15.0. The molecule has 22 heavy (non-hydrogen) atoms. The Bertz CT molecular complexity index is 547. The first kappa shape index (κ1) is 18.2. The number of aliphatic hydroxyl groups is 1. The number of benzene rings is 1. The zero-order valence-electron chi connectivity index (χ0n) is 14.0. The Balaban J connectivity index is 2.43. The first-order valence-corrected chi connectivity index (χ1v) is 7.41. The van der Waals surface area contributed by atoms with Crippen LogP contribution >= 0.6 is 0 Å². The zero-order chi connectivity index (χ0) is 16.9. The van der Waals surface area contributed by atoms with Gasteiger partial charge in [0.25, 0.3) is 5.91 Å². The number of aryl methyl sites for hydroxylation is 2. The molecule has 0 bridgehead atoms. The third kappa shape index (κ3) is 5.48. The highest BCUT2D eigenvalue weighted by Crippen LogP contribution is 2.17. The first-order valence-electron chi connectivity index (χ1n) is 7.41. The van der Waals surface area contributed by atoms with Crippen molar-refractivity contribution in [1.82, 2.24) is 10.6 Å².